The van der Waals surface area contributed by atoms with Crippen molar-refractivity contribution in [3.05, 3.63) is 17.5 Å². The first-order chi connectivity index (χ1) is 9.15. The first-order valence-corrected chi connectivity index (χ1v) is 7.64. The highest BCUT2D eigenvalue weighted by molar-refractivity contribution is 5.10. The van der Waals surface area contributed by atoms with E-state index in [9.17, 15) is 0 Å². The summed E-state index contributed by atoms with van der Waals surface area (Å²) in [6.45, 7) is 14.2. The molecule has 1 aromatic rings. The summed E-state index contributed by atoms with van der Waals surface area (Å²) in [5, 5.41) is 8.13. The average molecular weight is 264 g/mol. The summed E-state index contributed by atoms with van der Waals surface area (Å²) in [6.07, 6.45) is 2.41. The van der Waals surface area contributed by atoms with Crippen molar-refractivity contribution in [3.8, 4) is 0 Å². The Labute approximate surface area is 117 Å². The molecule has 0 saturated carbocycles. The Balaban J connectivity index is 2.19. The molecule has 1 N–H and O–H groups in total. The lowest BCUT2D eigenvalue weighted by atomic mass is 9.88. The number of rotatable bonds is 5. The van der Waals surface area contributed by atoms with Gasteiger partial charge >= 0.3 is 0 Å². The molecule has 0 bridgehead atoms. The van der Waals surface area contributed by atoms with Crippen LogP contribution in [0, 0.1) is 6.92 Å². The zero-order valence-corrected chi connectivity index (χ0v) is 12.9. The first-order valence-electron chi connectivity index (χ1n) is 7.64. The Hall–Kier alpha value is -0.870. The van der Waals surface area contributed by atoms with Gasteiger partial charge in [0, 0.05) is 38.3 Å². The van der Waals surface area contributed by atoms with Gasteiger partial charge in [0.05, 0.1) is 11.4 Å². The van der Waals surface area contributed by atoms with Gasteiger partial charge in [0.25, 0.3) is 0 Å². The van der Waals surface area contributed by atoms with E-state index in [0.717, 1.165) is 38.4 Å². The number of nitrogens with one attached hydrogen (secondary N) is 1. The molecule has 1 aliphatic heterocycles. The monoisotopic (exact) mass is 264 g/mol. The maximum absolute atomic E-state index is 4.57. The first kappa shape index (κ1) is 14.5. The van der Waals surface area contributed by atoms with Crippen LogP contribution in [0.1, 0.15) is 45.0 Å². The molecule has 19 heavy (non-hydrogen) atoms. The molecule has 2 rings (SSSR count). The summed E-state index contributed by atoms with van der Waals surface area (Å²) in [4.78, 5) is 2.66. The lowest BCUT2D eigenvalue weighted by Crippen LogP contribution is -2.60. The van der Waals surface area contributed by atoms with Gasteiger partial charge in [-0.1, -0.05) is 13.8 Å². The van der Waals surface area contributed by atoms with E-state index in [2.05, 4.69) is 53.8 Å². The van der Waals surface area contributed by atoms with Crippen molar-refractivity contribution in [1.82, 2.24) is 20.0 Å². The van der Waals surface area contributed by atoms with Crippen LogP contribution in [0.25, 0.3) is 0 Å². The lowest BCUT2D eigenvalue weighted by Gasteiger charge is -2.47. The zero-order chi connectivity index (χ0) is 13.9. The second-order valence-electron chi connectivity index (χ2n) is 5.62. The van der Waals surface area contributed by atoms with Crippen molar-refractivity contribution in [1.29, 1.82) is 0 Å². The topological polar surface area (TPSA) is 33.1 Å². The van der Waals surface area contributed by atoms with Gasteiger partial charge in [-0.2, -0.15) is 5.10 Å². The highest BCUT2D eigenvalue weighted by Gasteiger charge is 2.35. The van der Waals surface area contributed by atoms with Gasteiger partial charge in [-0.05, 0) is 32.8 Å². The summed E-state index contributed by atoms with van der Waals surface area (Å²) < 4.78 is 2.15. The van der Waals surface area contributed by atoms with E-state index in [1.54, 1.807) is 0 Å². The normalized spacial score (nSPS) is 19.8. The van der Waals surface area contributed by atoms with Crippen LogP contribution in [-0.2, 0) is 13.1 Å². The molecule has 0 radical (unpaired) electrons. The molecule has 0 amide bonds. The zero-order valence-electron chi connectivity index (χ0n) is 12.9. The molecule has 0 aliphatic carbocycles. The fraction of sp³-hybridized carbons (Fsp3) is 0.800. The third-order valence-electron chi connectivity index (χ3n) is 4.64. The molecular weight excluding hydrogens is 236 g/mol. The predicted octanol–water partition coefficient (Wildman–Crippen LogP) is 2.18. The fourth-order valence-electron chi connectivity index (χ4n) is 3.27. The van der Waals surface area contributed by atoms with E-state index >= 15 is 0 Å². The van der Waals surface area contributed by atoms with Gasteiger partial charge in [-0.25, -0.2) is 0 Å². The number of hydrogen-bond donors (Lipinski definition) is 1. The van der Waals surface area contributed by atoms with E-state index in [-0.39, 0.29) is 0 Å². The van der Waals surface area contributed by atoms with Gasteiger partial charge in [-0.15, -0.1) is 0 Å². The van der Waals surface area contributed by atoms with Crippen molar-refractivity contribution < 1.29 is 0 Å². The van der Waals surface area contributed by atoms with Crippen molar-refractivity contribution >= 4 is 0 Å². The highest BCUT2D eigenvalue weighted by Crippen LogP contribution is 2.27. The average Bonchev–Trinajstić information content (AvgIpc) is 2.79. The summed E-state index contributed by atoms with van der Waals surface area (Å²) in [6, 6.07) is 2.24. The quantitative estimate of drug-likeness (QED) is 0.885. The van der Waals surface area contributed by atoms with Crippen molar-refractivity contribution in [2.45, 2.75) is 59.2 Å². The molecule has 4 nitrogen and oxygen atoms in total. The van der Waals surface area contributed by atoms with E-state index in [1.807, 2.05) is 0 Å². The second kappa shape index (κ2) is 6.06. The minimum absolute atomic E-state index is 0.314. The van der Waals surface area contributed by atoms with Crippen molar-refractivity contribution in [2.75, 3.05) is 19.6 Å². The molecule has 1 aromatic heterocycles. The molecule has 1 saturated heterocycles. The third-order valence-corrected chi connectivity index (χ3v) is 4.64. The molecule has 108 valence electrons. The van der Waals surface area contributed by atoms with Crippen LogP contribution in [0.2, 0.25) is 0 Å². The van der Waals surface area contributed by atoms with E-state index < -0.39 is 0 Å². The van der Waals surface area contributed by atoms with Crippen LogP contribution in [0.5, 0.6) is 0 Å². The molecule has 4 heteroatoms. The Morgan fingerprint density at radius 2 is 2.05 bits per heavy atom. The van der Waals surface area contributed by atoms with E-state index in [1.165, 1.54) is 18.5 Å². The maximum atomic E-state index is 4.57. The minimum atomic E-state index is 0.314. The molecule has 2 heterocycles. The van der Waals surface area contributed by atoms with Crippen LogP contribution in [0.3, 0.4) is 0 Å². The number of nitrogens with zero attached hydrogens (tertiary/aromatic N) is 3. The van der Waals surface area contributed by atoms with Gasteiger partial charge in [0.2, 0.25) is 0 Å². The molecule has 1 fully saturated rings. The van der Waals surface area contributed by atoms with Gasteiger partial charge in [-0.3, -0.25) is 9.58 Å². The van der Waals surface area contributed by atoms with Crippen molar-refractivity contribution in [3.63, 3.8) is 0 Å². The standard InChI is InChI=1S/C15H28N4/c1-5-15(6-2)12-16-8-9-18(15)11-14-10-13(4)17-19(14)7-3/h10,16H,5-9,11-12H2,1-4H3. The van der Waals surface area contributed by atoms with Crippen LogP contribution < -0.4 is 5.32 Å². The summed E-state index contributed by atoms with van der Waals surface area (Å²) in [7, 11) is 0. The molecule has 0 unspecified atom stereocenters. The SMILES string of the molecule is CCn1nc(C)cc1CN1CCNCC1(CC)CC. The summed E-state index contributed by atoms with van der Waals surface area (Å²) in [5.41, 5.74) is 2.80. The Morgan fingerprint density at radius 3 is 2.68 bits per heavy atom. The highest BCUT2D eigenvalue weighted by atomic mass is 15.3. The van der Waals surface area contributed by atoms with Gasteiger partial charge in [0.15, 0.2) is 0 Å². The smallest absolute Gasteiger partial charge is 0.0597 e. The lowest BCUT2D eigenvalue weighted by molar-refractivity contribution is 0.0424. The second-order valence-corrected chi connectivity index (χ2v) is 5.62. The minimum Gasteiger partial charge on any atom is -0.314 e. The van der Waals surface area contributed by atoms with Gasteiger partial charge < -0.3 is 5.32 Å². The van der Waals surface area contributed by atoms with Crippen LogP contribution in [-0.4, -0.2) is 39.9 Å². The van der Waals surface area contributed by atoms with E-state index in [0.29, 0.717) is 5.54 Å². The number of aryl methyl sites for hydroxylation is 2. The van der Waals surface area contributed by atoms with Crippen molar-refractivity contribution in [2.24, 2.45) is 0 Å². The number of aromatic nitrogens is 2. The predicted molar refractivity (Wildman–Crippen MR) is 79.2 cm³/mol. The molecular formula is C15H28N4. The summed E-state index contributed by atoms with van der Waals surface area (Å²) >= 11 is 0. The molecule has 0 spiro atoms. The third kappa shape index (κ3) is 2.84. The van der Waals surface area contributed by atoms with E-state index in [4.69, 9.17) is 0 Å². The van der Waals surface area contributed by atoms with Crippen LogP contribution in [0.15, 0.2) is 6.07 Å². The largest absolute Gasteiger partial charge is 0.314 e. The van der Waals surface area contributed by atoms with Crippen LogP contribution in [0.4, 0.5) is 0 Å². The van der Waals surface area contributed by atoms with Crippen LogP contribution >= 0.6 is 0 Å². The van der Waals surface area contributed by atoms with Gasteiger partial charge in [0.1, 0.15) is 0 Å². The Bertz CT molecular complexity index is 406. The molecule has 1 aliphatic rings. The maximum Gasteiger partial charge on any atom is 0.0597 e. The summed E-state index contributed by atoms with van der Waals surface area (Å²) in [5.74, 6) is 0. The number of piperazine rings is 1. The Kier molecular flexibility index (Phi) is 4.63. The fourth-order valence-corrected chi connectivity index (χ4v) is 3.27. The Morgan fingerprint density at radius 1 is 1.32 bits per heavy atom. The molecule has 0 aromatic carbocycles. The molecule has 0 atom stereocenters. The number of hydrogen-bond acceptors (Lipinski definition) is 3.